The molecule has 0 aliphatic carbocycles. The predicted octanol–water partition coefficient (Wildman–Crippen LogP) is 6.12. The number of H-pyrrole nitrogens is 1. The van der Waals surface area contributed by atoms with Crippen LogP contribution >= 0.6 is 0 Å². The molecule has 4 nitrogen and oxygen atoms in total. The molecular formula is C25H17N3O. The highest BCUT2D eigenvalue weighted by molar-refractivity contribution is 5.85. The lowest BCUT2D eigenvalue weighted by atomic mass is 10.1. The van der Waals surface area contributed by atoms with Crippen molar-refractivity contribution in [1.29, 1.82) is 0 Å². The smallest absolute Gasteiger partial charge is 0.177 e. The molecule has 0 bridgehead atoms. The minimum atomic E-state index is 0.723. The lowest BCUT2D eigenvalue weighted by molar-refractivity contribution is 0.631. The minimum Gasteiger partial charge on any atom is -0.456 e. The van der Waals surface area contributed by atoms with E-state index in [9.17, 15) is 0 Å². The normalized spacial score (nSPS) is 11.6. The summed E-state index contributed by atoms with van der Waals surface area (Å²) in [5.41, 5.74) is 4.68. The van der Waals surface area contributed by atoms with Gasteiger partial charge in [-0.2, -0.15) is 0 Å². The first-order valence-corrected chi connectivity index (χ1v) is 9.63. The molecule has 3 aromatic carbocycles. The molecule has 3 aromatic heterocycles. The van der Waals surface area contributed by atoms with Gasteiger partial charge in [0.1, 0.15) is 17.2 Å². The van der Waals surface area contributed by atoms with Crippen molar-refractivity contribution in [2.75, 3.05) is 0 Å². The van der Waals surface area contributed by atoms with Crippen LogP contribution in [0.15, 0.2) is 89.5 Å². The van der Waals surface area contributed by atoms with Crippen molar-refractivity contribution < 1.29 is 4.42 Å². The van der Waals surface area contributed by atoms with Crippen LogP contribution < -0.4 is 0 Å². The summed E-state index contributed by atoms with van der Waals surface area (Å²) in [5, 5.41) is 3.58. The number of aromatic amines is 1. The zero-order chi connectivity index (χ0) is 19.2. The lowest BCUT2D eigenvalue weighted by Crippen LogP contribution is -1.90. The molecule has 3 heterocycles. The second-order valence-electron chi connectivity index (χ2n) is 7.29. The molecule has 6 rings (SSSR count). The molecule has 0 unspecified atom stereocenters. The van der Waals surface area contributed by atoms with E-state index in [0.29, 0.717) is 0 Å². The van der Waals surface area contributed by atoms with Crippen molar-refractivity contribution in [3.63, 3.8) is 0 Å². The molecular weight excluding hydrogens is 358 g/mol. The molecule has 6 aromatic rings. The third kappa shape index (κ3) is 2.86. The zero-order valence-electron chi connectivity index (χ0n) is 15.6. The Morgan fingerprint density at radius 1 is 0.793 bits per heavy atom. The van der Waals surface area contributed by atoms with E-state index in [1.807, 2.05) is 36.5 Å². The quantitative estimate of drug-likeness (QED) is 0.406. The maximum Gasteiger partial charge on any atom is 0.177 e. The molecule has 0 saturated heterocycles. The molecule has 138 valence electrons. The highest BCUT2D eigenvalue weighted by Crippen LogP contribution is 2.28. The second-order valence-corrected chi connectivity index (χ2v) is 7.29. The highest BCUT2D eigenvalue weighted by atomic mass is 16.3. The number of nitrogens with zero attached hydrogens (tertiary/aromatic N) is 2. The van der Waals surface area contributed by atoms with Gasteiger partial charge in [-0.15, -0.1) is 0 Å². The number of benzene rings is 3. The van der Waals surface area contributed by atoms with E-state index in [1.54, 1.807) is 0 Å². The van der Waals surface area contributed by atoms with E-state index >= 15 is 0 Å². The van der Waals surface area contributed by atoms with E-state index < -0.39 is 0 Å². The molecule has 0 aliphatic rings. The van der Waals surface area contributed by atoms with E-state index in [2.05, 4.69) is 63.5 Å². The van der Waals surface area contributed by atoms with Crippen molar-refractivity contribution in [2.45, 2.75) is 6.42 Å². The first kappa shape index (κ1) is 16.1. The predicted molar refractivity (Wildman–Crippen MR) is 116 cm³/mol. The summed E-state index contributed by atoms with van der Waals surface area (Å²) in [7, 11) is 0. The van der Waals surface area contributed by atoms with Crippen LogP contribution in [0.3, 0.4) is 0 Å². The van der Waals surface area contributed by atoms with Crippen molar-refractivity contribution in [3.05, 3.63) is 96.4 Å². The number of pyridine rings is 1. The van der Waals surface area contributed by atoms with Crippen molar-refractivity contribution in [3.8, 4) is 11.3 Å². The number of imidazole rings is 1. The molecule has 0 aliphatic heterocycles. The van der Waals surface area contributed by atoms with Crippen LogP contribution in [0.4, 0.5) is 0 Å². The Morgan fingerprint density at radius 2 is 1.62 bits per heavy atom. The Morgan fingerprint density at radius 3 is 2.52 bits per heavy atom. The summed E-state index contributed by atoms with van der Waals surface area (Å²) in [6.45, 7) is 0. The van der Waals surface area contributed by atoms with Gasteiger partial charge >= 0.3 is 0 Å². The largest absolute Gasteiger partial charge is 0.456 e. The molecule has 0 fully saturated rings. The van der Waals surface area contributed by atoms with Gasteiger partial charge < -0.3 is 9.40 Å². The fraction of sp³-hybridized carbons (Fsp3) is 0.0400. The summed E-state index contributed by atoms with van der Waals surface area (Å²) in [6.07, 6.45) is 2.56. The van der Waals surface area contributed by atoms with Crippen molar-refractivity contribution >= 4 is 32.9 Å². The molecule has 0 spiro atoms. The number of para-hydroxylation sites is 1. The average molecular weight is 375 g/mol. The van der Waals surface area contributed by atoms with E-state index in [0.717, 1.165) is 45.7 Å². The molecule has 0 amide bonds. The standard InChI is InChI=1S/C25H17N3O/c1-2-6-18-11-16(9-10-17(18)5-1)12-24-27-21-13-20(15-26-25(21)28-24)23-14-19-7-3-4-8-22(19)29-23/h1-11,13-15H,12H2,(H,26,27,28). The Balaban J connectivity index is 1.35. The van der Waals surface area contributed by atoms with E-state index in [-0.39, 0.29) is 0 Å². The third-order valence-corrected chi connectivity index (χ3v) is 5.28. The monoisotopic (exact) mass is 375 g/mol. The van der Waals surface area contributed by atoms with Gasteiger partial charge in [-0.25, -0.2) is 9.97 Å². The molecule has 29 heavy (non-hydrogen) atoms. The van der Waals surface area contributed by atoms with Gasteiger partial charge in [-0.1, -0.05) is 60.7 Å². The lowest BCUT2D eigenvalue weighted by Gasteiger charge is -2.01. The van der Waals surface area contributed by atoms with Gasteiger partial charge in [0.05, 0.1) is 5.52 Å². The molecule has 0 radical (unpaired) electrons. The second kappa shape index (κ2) is 6.31. The number of fused-ring (bicyclic) bond motifs is 3. The minimum absolute atomic E-state index is 0.723. The summed E-state index contributed by atoms with van der Waals surface area (Å²) in [5.74, 6) is 1.72. The fourth-order valence-corrected chi connectivity index (χ4v) is 3.83. The average Bonchev–Trinajstić information content (AvgIpc) is 3.36. The number of hydrogen-bond acceptors (Lipinski definition) is 3. The zero-order valence-corrected chi connectivity index (χ0v) is 15.6. The third-order valence-electron chi connectivity index (χ3n) is 5.28. The Labute approximate surface area is 166 Å². The Hall–Kier alpha value is -3.92. The summed E-state index contributed by atoms with van der Waals surface area (Å²) < 4.78 is 5.97. The summed E-state index contributed by atoms with van der Waals surface area (Å²) >= 11 is 0. The number of rotatable bonds is 3. The van der Waals surface area contributed by atoms with Crippen molar-refractivity contribution in [2.24, 2.45) is 0 Å². The topological polar surface area (TPSA) is 54.7 Å². The number of aromatic nitrogens is 3. The summed E-state index contributed by atoms with van der Waals surface area (Å²) in [4.78, 5) is 12.6. The molecule has 0 saturated carbocycles. The Bertz CT molecular complexity index is 1460. The van der Waals surface area contributed by atoms with Crippen LogP contribution in [-0.2, 0) is 6.42 Å². The van der Waals surface area contributed by atoms with Gasteiger partial charge in [0.2, 0.25) is 0 Å². The first-order valence-electron chi connectivity index (χ1n) is 9.63. The SMILES string of the molecule is c1ccc2cc(Cc3nc4ncc(-c5cc6ccccc6o5)cc4[nH]3)ccc2c1. The van der Waals surface area contributed by atoms with Crippen LogP contribution in [0.25, 0.3) is 44.2 Å². The van der Waals surface area contributed by atoms with Crippen molar-refractivity contribution in [1.82, 2.24) is 15.0 Å². The number of furan rings is 1. The Kier molecular flexibility index (Phi) is 3.50. The van der Waals surface area contributed by atoms with Crippen LogP contribution in [0.1, 0.15) is 11.4 Å². The maximum absolute atomic E-state index is 5.97. The van der Waals surface area contributed by atoms with Crippen LogP contribution in [0.5, 0.6) is 0 Å². The van der Waals surface area contributed by atoms with Gasteiger partial charge in [-0.05, 0) is 34.5 Å². The van der Waals surface area contributed by atoms with Gasteiger partial charge in [0.15, 0.2) is 5.65 Å². The highest BCUT2D eigenvalue weighted by Gasteiger charge is 2.10. The van der Waals surface area contributed by atoms with Gasteiger partial charge in [-0.3, -0.25) is 0 Å². The van der Waals surface area contributed by atoms with Gasteiger partial charge in [0, 0.05) is 23.6 Å². The fourth-order valence-electron chi connectivity index (χ4n) is 3.83. The van der Waals surface area contributed by atoms with E-state index in [1.165, 1.54) is 16.3 Å². The molecule has 0 atom stereocenters. The molecule has 1 N–H and O–H groups in total. The molecule has 4 heteroatoms. The number of nitrogens with one attached hydrogen (secondary N) is 1. The van der Waals surface area contributed by atoms with E-state index in [4.69, 9.17) is 4.42 Å². The van der Waals surface area contributed by atoms with Crippen LogP contribution in [0, 0.1) is 0 Å². The van der Waals surface area contributed by atoms with Crippen LogP contribution in [-0.4, -0.2) is 15.0 Å². The maximum atomic E-state index is 5.97. The number of hydrogen-bond donors (Lipinski definition) is 1. The van der Waals surface area contributed by atoms with Crippen LogP contribution in [0.2, 0.25) is 0 Å². The van der Waals surface area contributed by atoms with Gasteiger partial charge in [0.25, 0.3) is 0 Å². The summed E-state index contributed by atoms with van der Waals surface area (Å²) in [6, 6.07) is 27.0. The first-order chi connectivity index (χ1) is 14.3.